The lowest BCUT2D eigenvalue weighted by Crippen LogP contribution is -2.13. The number of H-pyrrole nitrogens is 1. The standard InChI is InChI=1S/C15H19N5OS2/c1-7(2)20-6-16-19-15(20)23-10(5)12-17-13(21)11-8(3)9(4)22-14(11)18-12/h6-7,10H,1-5H3,(H,17,18,21)/t10-/m1/s1. The number of rotatable bonds is 4. The lowest BCUT2D eigenvalue weighted by atomic mass is 10.2. The molecule has 0 unspecified atom stereocenters. The molecule has 0 amide bonds. The zero-order chi connectivity index (χ0) is 16.7. The number of thioether (sulfide) groups is 1. The second-order valence-electron chi connectivity index (χ2n) is 5.79. The van der Waals surface area contributed by atoms with Gasteiger partial charge in [0.1, 0.15) is 17.0 Å². The smallest absolute Gasteiger partial charge is 0.259 e. The molecule has 3 aromatic heterocycles. The van der Waals surface area contributed by atoms with Gasteiger partial charge in [0.15, 0.2) is 5.16 Å². The third kappa shape index (κ3) is 2.92. The van der Waals surface area contributed by atoms with Gasteiger partial charge in [0.25, 0.3) is 5.56 Å². The second-order valence-corrected chi connectivity index (χ2v) is 8.30. The molecule has 0 aliphatic heterocycles. The van der Waals surface area contributed by atoms with Crippen molar-refractivity contribution in [3.05, 3.63) is 32.9 Å². The zero-order valence-corrected chi connectivity index (χ0v) is 15.4. The summed E-state index contributed by atoms with van der Waals surface area (Å²) in [6, 6.07) is 0.289. The number of aromatic nitrogens is 5. The predicted molar refractivity (Wildman–Crippen MR) is 94.4 cm³/mol. The molecule has 0 bridgehead atoms. The summed E-state index contributed by atoms with van der Waals surface area (Å²) in [6.07, 6.45) is 1.73. The molecule has 3 rings (SSSR count). The van der Waals surface area contributed by atoms with E-state index in [9.17, 15) is 4.79 Å². The van der Waals surface area contributed by atoms with Gasteiger partial charge in [-0.2, -0.15) is 0 Å². The van der Waals surface area contributed by atoms with Crippen LogP contribution >= 0.6 is 23.1 Å². The van der Waals surface area contributed by atoms with E-state index in [0.717, 1.165) is 20.4 Å². The van der Waals surface area contributed by atoms with Gasteiger partial charge in [-0.3, -0.25) is 4.79 Å². The number of nitrogens with zero attached hydrogens (tertiary/aromatic N) is 4. The lowest BCUT2D eigenvalue weighted by Gasteiger charge is -2.13. The predicted octanol–water partition coefficient (Wildman–Crippen LogP) is 3.63. The number of hydrogen-bond donors (Lipinski definition) is 1. The van der Waals surface area contributed by atoms with Crippen LogP contribution in [0, 0.1) is 13.8 Å². The van der Waals surface area contributed by atoms with Gasteiger partial charge in [0, 0.05) is 10.9 Å². The van der Waals surface area contributed by atoms with Crippen molar-refractivity contribution in [3.63, 3.8) is 0 Å². The second kappa shape index (κ2) is 6.09. The van der Waals surface area contributed by atoms with Gasteiger partial charge in [-0.05, 0) is 40.2 Å². The Balaban J connectivity index is 1.96. The topological polar surface area (TPSA) is 76.5 Å². The molecule has 0 saturated heterocycles. The summed E-state index contributed by atoms with van der Waals surface area (Å²) in [4.78, 5) is 21.9. The maximum atomic E-state index is 12.4. The number of fused-ring (bicyclic) bond motifs is 1. The molecule has 0 spiro atoms. The number of aryl methyl sites for hydroxylation is 2. The van der Waals surface area contributed by atoms with Crippen molar-refractivity contribution < 1.29 is 0 Å². The molecular formula is C15H19N5OS2. The fourth-order valence-corrected chi connectivity index (χ4v) is 4.40. The van der Waals surface area contributed by atoms with Crippen LogP contribution in [0.3, 0.4) is 0 Å². The van der Waals surface area contributed by atoms with E-state index in [0.29, 0.717) is 11.2 Å². The van der Waals surface area contributed by atoms with Gasteiger partial charge in [-0.1, -0.05) is 11.8 Å². The van der Waals surface area contributed by atoms with Crippen molar-refractivity contribution in [2.24, 2.45) is 0 Å². The first-order valence-corrected chi connectivity index (χ1v) is 9.14. The molecule has 23 heavy (non-hydrogen) atoms. The fraction of sp³-hybridized carbons (Fsp3) is 0.467. The third-order valence-corrected chi connectivity index (χ3v) is 6.00. The van der Waals surface area contributed by atoms with Crippen LogP contribution in [0.2, 0.25) is 0 Å². The van der Waals surface area contributed by atoms with Crippen molar-refractivity contribution in [3.8, 4) is 0 Å². The molecule has 0 aromatic carbocycles. The normalized spacial score (nSPS) is 13.1. The van der Waals surface area contributed by atoms with Gasteiger partial charge in [-0.15, -0.1) is 21.5 Å². The first-order valence-electron chi connectivity index (χ1n) is 7.44. The zero-order valence-electron chi connectivity index (χ0n) is 13.7. The Morgan fingerprint density at radius 1 is 1.30 bits per heavy atom. The first-order chi connectivity index (χ1) is 10.9. The van der Waals surface area contributed by atoms with E-state index in [-0.39, 0.29) is 16.9 Å². The lowest BCUT2D eigenvalue weighted by molar-refractivity contribution is 0.548. The summed E-state index contributed by atoms with van der Waals surface area (Å²) in [5, 5.41) is 9.66. The molecule has 0 saturated carbocycles. The summed E-state index contributed by atoms with van der Waals surface area (Å²) in [5.74, 6) is 0.673. The van der Waals surface area contributed by atoms with Crippen LogP contribution in [0.15, 0.2) is 16.3 Å². The molecule has 6 nitrogen and oxygen atoms in total. The molecule has 122 valence electrons. The summed E-state index contributed by atoms with van der Waals surface area (Å²) < 4.78 is 2.01. The highest BCUT2D eigenvalue weighted by molar-refractivity contribution is 7.99. The Morgan fingerprint density at radius 2 is 2.04 bits per heavy atom. The van der Waals surface area contributed by atoms with E-state index >= 15 is 0 Å². The van der Waals surface area contributed by atoms with Crippen LogP contribution in [0.5, 0.6) is 0 Å². The van der Waals surface area contributed by atoms with Crippen LogP contribution in [-0.4, -0.2) is 24.7 Å². The van der Waals surface area contributed by atoms with Crippen molar-refractivity contribution in [2.45, 2.75) is 51.1 Å². The van der Waals surface area contributed by atoms with Crippen LogP contribution in [0.1, 0.15) is 48.3 Å². The Hall–Kier alpha value is -1.67. The molecule has 8 heteroatoms. The van der Waals surface area contributed by atoms with Gasteiger partial charge in [-0.25, -0.2) is 4.98 Å². The highest BCUT2D eigenvalue weighted by Crippen LogP contribution is 2.34. The van der Waals surface area contributed by atoms with E-state index in [1.807, 2.05) is 25.3 Å². The van der Waals surface area contributed by atoms with E-state index in [1.54, 1.807) is 29.4 Å². The van der Waals surface area contributed by atoms with Crippen LogP contribution < -0.4 is 5.56 Å². The maximum absolute atomic E-state index is 12.4. The number of hydrogen-bond acceptors (Lipinski definition) is 6. The third-order valence-electron chi connectivity index (χ3n) is 3.82. The van der Waals surface area contributed by atoms with Crippen LogP contribution in [-0.2, 0) is 0 Å². The maximum Gasteiger partial charge on any atom is 0.259 e. The summed E-state index contributed by atoms with van der Waals surface area (Å²) in [7, 11) is 0. The largest absolute Gasteiger partial charge is 0.309 e. The highest BCUT2D eigenvalue weighted by atomic mass is 32.2. The Morgan fingerprint density at radius 3 is 2.74 bits per heavy atom. The van der Waals surface area contributed by atoms with Crippen LogP contribution in [0.4, 0.5) is 0 Å². The van der Waals surface area contributed by atoms with Crippen LogP contribution in [0.25, 0.3) is 10.2 Å². The van der Waals surface area contributed by atoms with Gasteiger partial charge in [0.2, 0.25) is 0 Å². The average molecular weight is 349 g/mol. The van der Waals surface area contributed by atoms with Crippen molar-refractivity contribution in [2.75, 3.05) is 0 Å². The monoisotopic (exact) mass is 349 g/mol. The van der Waals surface area contributed by atoms with Crippen molar-refractivity contribution in [1.82, 2.24) is 24.7 Å². The SMILES string of the molecule is Cc1sc2nc([C@@H](C)Sc3nncn3C(C)C)[nH]c(=O)c2c1C. The first kappa shape index (κ1) is 16.2. The van der Waals surface area contributed by atoms with Crippen molar-refractivity contribution in [1.29, 1.82) is 0 Å². The summed E-state index contributed by atoms with van der Waals surface area (Å²) >= 11 is 3.11. The number of aromatic amines is 1. The molecule has 1 N–H and O–H groups in total. The Bertz CT molecular complexity index is 908. The minimum atomic E-state index is -0.0652. The highest BCUT2D eigenvalue weighted by Gasteiger charge is 2.18. The van der Waals surface area contributed by atoms with E-state index < -0.39 is 0 Å². The number of thiophene rings is 1. The molecule has 0 aliphatic rings. The van der Waals surface area contributed by atoms with Gasteiger partial charge >= 0.3 is 0 Å². The summed E-state index contributed by atoms with van der Waals surface area (Å²) in [5.41, 5.74) is 0.954. The van der Waals surface area contributed by atoms with Crippen molar-refractivity contribution >= 4 is 33.3 Å². The minimum Gasteiger partial charge on any atom is -0.309 e. The molecule has 0 radical (unpaired) electrons. The average Bonchev–Trinajstić information content (AvgIpc) is 3.04. The fourth-order valence-electron chi connectivity index (χ4n) is 2.35. The van der Waals surface area contributed by atoms with Gasteiger partial charge < -0.3 is 9.55 Å². The molecule has 0 fully saturated rings. The number of nitrogens with one attached hydrogen (secondary N) is 1. The summed E-state index contributed by atoms with van der Waals surface area (Å²) in [6.45, 7) is 10.2. The van der Waals surface area contributed by atoms with E-state index in [1.165, 1.54) is 0 Å². The minimum absolute atomic E-state index is 0.0171. The molecule has 3 aromatic rings. The Kier molecular flexibility index (Phi) is 4.29. The molecule has 3 heterocycles. The van der Waals surface area contributed by atoms with E-state index in [4.69, 9.17) is 0 Å². The molecular weight excluding hydrogens is 330 g/mol. The molecule has 0 aliphatic carbocycles. The van der Waals surface area contributed by atoms with Gasteiger partial charge in [0.05, 0.1) is 10.6 Å². The quantitative estimate of drug-likeness (QED) is 0.728. The Labute approximate surface area is 142 Å². The molecule has 1 atom stereocenters. The van der Waals surface area contributed by atoms with E-state index in [2.05, 4.69) is 34.0 Å².